The molecule has 2 N–H and O–H groups in total. The lowest BCUT2D eigenvalue weighted by atomic mass is 10.2. The molecule has 0 aliphatic rings. The molecule has 0 bridgehead atoms. The number of carbonyl (C=O) groups is 2. The SMILES string of the molecule is CC(C(=O)Nc1ccc(OC(F)F)cc1)N(C)CC(=O)Nc1ccccc1Br. The fourth-order valence-electron chi connectivity index (χ4n) is 2.28. The van der Waals surface area contributed by atoms with E-state index in [1.807, 2.05) is 12.1 Å². The van der Waals surface area contributed by atoms with Crippen LogP contribution >= 0.6 is 15.9 Å². The van der Waals surface area contributed by atoms with Crippen LogP contribution in [0, 0.1) is 0 Å². The first-order valence-electron chi connectivity index (χ1n) is 8.36. The van der Waals surface area contributed by atoms with Gasteiger partial charge in [-0.3, -0.25) is 14.5 Å². The molecule has 2 rings (SSSR count). The number of nitrogens with one attached hydrogen (secondary N) is 2. The minimum atomic E-state index is -2.91. The molecule has 0 aromatic heterocycles. The number of ether oxygens (including phenoxy) is 1. The lowest BCUT2D eigenvalue weighted by Crippen LogP contribution is -2.43. The molecule has 0 heterocycles. The van der Waals surface area contributed by atoms with Crippen molar-refractivity contribution in [3.8, 4) is 5.75 Å². The molecule has 0 spiro atoms. The number of benzene rings is 2. The second kappa shape index (κ2) is 10.1. The molecule has 2 aromatic rings. The van der Waals surface area contributed by atoms with Crippen LogP contribution in [0.15, 0.2) is 53.0 Å². The zero-order chi connectivity index (χ0) is 20.7. The van der Waals surface area contributed by atoms with Crippen LogP contribution in [0.4, 0.5) is 20.2 Å². The summed E-state index contributed by atoms with van der Waals surface area (Å²) in [5, 5.41) is 5.44. The molecule has 0 fully saturated rings. The maximum absolute atomic E-state index is 12.4. The smallest absolute Gasteiger partial charge is 0.387 e. The van der Waals surface area contributed by atoms with Crippen molar-refractivity contribution in [3.63, 3.8) is 0 Å². The first-order chi connectivity index (χ1) is 13.3. The Bertz CT molecular complexity index is 818. The van der Waals surface area contributed by atoms with E-state index in [4.69, 9.17) is 0 Å². The largest absolute Gasteiger partial charge is 0.435 e. The highest BCUT2D eigenvalue weighted by Crippen LogP contribution is 2.21. The summed E-state index contributed by atoms with van der Waals surface area (Å²) in [6.07, 6.45) is 0. The van der Waals surface area contributed by atoms with E-state index in [0.717, 1.165) is 4.47 Å². The Hall–Kier alpha value is -2.52. The zero-order valence-corrected chi connectivity index (χ0v) is 16.9. The van der Waals surface area contributed by atoms with Crippen LogP contribution in [0.5, 0.6) is 5.75 Å². The van der Waals surface area contributed by atoms with Crippen LogP contribution in [0.25, 0.3) is 0 Å². The molecule has 6 nitrogen and oxygen atoms in total. The molecule has 1 unspecified atom stereocenters. The summed E-state index contributed by atoms with van der Waals surface area (Å²) in [4.78, 5) is 26.2. The number of anilines is 2. The predicted octanol–water partition coefficient (Wildman–Crippen LogP) is 3.95. The van der Waals surface area contributed by atoms with Gasteiger partial charge in [-0.1, -0.05) is 12.1 Å². The molecular weight excluding hydrogens is 436 g/mol. The quantitative estimate of drug-likeness (QED) is 0.632. The Balaban J connectivity index is 1.87. The number of carbonyl (C=O) groups excluding carboxylic acids is 2. The summed E-state index contributed by atoms with van der Waals surface area (Å²) in [5.41, 5.74) is 1.08. The molecule has 2 amide bonds. The normalized spacial score (nSPS) is 12.0. The van der Waals surface area contributed by atoms with Crippen molar-refractivity contribution in [2.75, 3.05) is 24.2 Å². The van der Waals surface area contributed by atoms with E-state index < -0.39 is 12.7 Å². The molecule has 0 saturated heterocycles. The number of hydrogen-bond donors (Lipinski definition) is 2. The van der Waals surface area contributed by atoms with E-state index in [2.05, 4.69) is 31.3 Å². The topological polar surface area (TPSA) is 70.7 Å². The minimum Gasteiger partial charge on any atom is -0.435 e. The summed E-state index contributed by atoms with van der Waals surface area (Å²) < 4.78 is 29.3. The van der Waals surface area contributed by atoms with Gasteiger partial charge < -0.3 is 15.4 Å². The average molecular weight is 456 g/mol. The summed E-state index contributed by atoms with van der Waals surface area (Å²) in [6.45, 7) is -1.23. The minimum absolute atomic E-state index is 0.00177. The van der Waals surface area contributed by atoms with Crippen molar-refractivity contribution in [2.45, 2.75) is 19.6 Å². The third-order valence-corrected chi connectivity index (χ3v) is 4.62. The molecule has 150 valence electrons. The summed E-state index contributed by atoms with van der Waals surface area (Å²) in [7, 11) is 1.66. The fraction of sp³-hybridized carbons (Fsp3) is 0.263. The van der Waals surface area contributed by atoms with Crippen LogP contribution in [-0.2, 0) is 9.59 Å². The van der Waals surface area contributed by atoms with Gasteiger partial charge in [-0.25, -0.2) is 0 Å². The highest BCUT2D eigenvalue weighted by molar-refractivity contribution is 9.10. The molecule has 0 aliphatic heterocycles. The average Bonchev–Trinajstić information content (AvgIpc) is 2.64. The Labute approximate surface area is 170 Å². The van der Waals surface area contributed by atoms with Gasteiger partial charge in [0.15, 0.2) is 0 Å². The van der Waals surface area contributed by atoms with Gasteiger partial charge in [0.1, 0.15) is 5.75 Å². The van der Waals surface area contributed by atoms with Gasteiger partial charge in [-0.15, -0.1) is 0 Å². The van der Waals surface area contributed by atoms with Crippen molar-refractivity contribution < 1.29 is 23.1 Å². The number of amides is 2. The molecule has 0 saturated carbocycles. The molecule has 9 heteroatoms. The molecule has 2 aromatic carbocycles. The van der Waals surface area contributed by atoms with Crippen molar-refractivity contribution >= 4 is 39.1 Å². The Morgan fingerprint density at radius 3 is 2.36 bits per heavy atom. The number of halogens is 3. The van der Waals surface area contributed by atoms with Crippen LogP contribution in [0.3, 0.4) is 0 Å². The van der Waals surface area contributed by atoms with Gasteiger partial charge >= 0.3 is 6.61 Å². The maximum Gasteiger partial charge on any atom is 0.387 e. The van der Waals surface area contributed by atoms with E-state index in [1.165, 1.54) is 24.3 Å². The number of alkyl halides is 2. The number of nitrogens with zero attached hydrogens (tertiary/aromatic N) is 1. The number of rotatable bonds is 8. The third kappa shape index (κ3) is 6.58. The highest BCUT2D eigenvalue weighted by Gasteiger charge is 2.20. The van der Waals surface area contributed by atoms with Crippen LogP contribution in [-0.4, -0.2) is 43.0 Å². The highest BCUT2D eigenvalue weighted by atomic mass is 79.9. The predicted molar refractivity (Wildman–Crippen MR) is 107 cm³/mol. The van der Waals surface area contributed by atoms with Crippen LogP contribution in [0.1, 0.15) is 6.92 Å². The standard InChI is InChI=1S/C19H20BrF2N3O3/c1-12(18(27)23-13-7-9-14(10-8-13)28-19(21)22)25(2)11-17(26)24-16-6-4-3-5-15(16)20/h3-10,12,19H,11H2,1-2H3,(H,23,27)(H,24,26). The molecule has 0 radical (unpaired) electrons. The van der Waals surface area contributed by atoms with Gasteiger partial charge in [-0.2, -0.15) is 8.78 Å². The van der Waals surface area contributed by atoms with Gasteiger partial charge in [0, 0.05) is 10.2 Å². The second-order valence-electron chi connectivity index (χ2n) is 6.01. The first kappa shape index (κ1) is 21.8. The Kier molecular flexibility index (Phi) is 7.89. The van der Waals surface area contributed by atoms with Crippen molar-refractivity contribution in [1.82, 2.24) is 4.90 Å². The van der Waals surface area contributed by atoms with Crippen LogP contribution in [0.2, 0.25) is 0 Å². The molecule has 0 aliphatic carbocycles. The maximum atomic E-state index is 12.4. The van der Waals surface area contributed by atoms with E-state index in [0.29, 0.717) is 11.4 Å². The summed E-state index contributed by atoms with van der Waals surface area (Å²) in [6, 6.07) is 12.2. The number of hydrogen-bond acceptors (Lipinski definition) is 4. The fourth-order valence-corrected chi connectivity index (χ4v) is 2.67. The van der Waals surface area contributed by atoms with Crippen molar-refractivity contribution in [2.24, 2.45) is 0 Å². The van der Waals surface area contributed by atoms with Gasteiger partial charge in [-0.05, 0) is 66.3 Å². The Morgan fingerprint density at radius 2 is 1.75 bits per heavy atom. The van der Waals surface area contributed by atoms with E-state index in [-0.39, 0.29) is 24.1 Å². The van der Waals surface area contributed by atoms with Gasteiger partial charge in [0.2, 0.25) is 11.8 Å². The first-order valence-corrected chi connectivity index (χ1v) is 9.16. The van der Waals surface area contributed by atoms with E-state index >= 15 is 0 Å². The number of para-hydroxylation sites is 1. The Morgan fingerprint density at radius 1 is 1.11 bits per heavy atom. The van der Waals surface area contributed by atoms with E-state index in [9.17, 15) is 18.4 Å². The number of likely N-dealkylation sites (N-methyl/N-ethyl adjacent to an activating group) is 1. The summed E-state index contributed by atoms with van der Waals surface area (Å²) in [5.74, 6) is -0.594. The lowest BCUT2D eigenvalue weighted by Gasteiger charge is -2.23. The van der Waals surface area contributed by atoms with Crippen LogP contribution < -0.4 is 15.4 Å². The van der Waals surface area contributed by atoms with Crippen molar-refractivity contribution in [1.29, 1.82) is 0 Å². The van der Waals surface area contributed by atoms with Crippen molar-refractivity contribution in [3.05, 3.63) is 53.0 Å². The van der Waals surface area contributed by atoms with Gasteiger partial charge in [0.05, 0.1) is 18.3 Å². The van der Waals surface area contributed by atoms with Gasteiger partial charge in [0.25, 0.3) is 0 Å². The molecule has 28 heavy (non-hydrogen) atoms. The molecule has 1 atom stereocenters. The molecular formula is C19H20BrF2N3O3. The zero-order valence-electron chi connectivity index (χ0n) is 15.3. The second-order valence-corrected chi connectivity index (χ2v) is 6.87. The lowest BCUT2D eigenvalue weighted by molar-refractivity contribution is -0.122. The third-order valence-electron chi connectivity index (χ3n) is 3.93. The summed E-state index contributed by atoms with van der Waals surface area (Å²) >= 11 is 3.36. The monoisotopic (exact) mass is 455 g/mol. The van der Waals surface area contributed by atoms with E-state index in [1.54, 1.807) is 31.0 Å².